The highest BCUT2D eigenvalue weighted by Crippen LogP contribution is 2.26. The molecule has 1 aromatic heterocycles. The van der Waals surface area contributed by atoms with E-state index in [0.29, 0.717) is 28.8 Å². The summed E-state index contributed by atoms with van der Waals surface area (Å²) >= 11 is 0. The van der Waals surface area contributed by atoms with Crippen LogP contribution in [-0.2, 0) is 0 Å². The van der Waals surface area contributed by atoms with Gasteiger partial charge in [0, 0.05) is 6.07 Å². The van der Waals surface area contributed by atoms with Gasteiger partial charge in [-0.1, -0.05) is 0 Å². The summed E-state index contributed by atoms with van der Waals surface area (Å²) in [4.78, 5) is 4.07. The Morgan fingerprint density at radius 1 is 1.22 bits per heavy atom. The molecule has 2 N–H and O–H groups in total. The summed E-state index contributed by atoms with van der Waals surface area (Å²) in [6.45, 7) is 1.67. The zero-order chi connectivity index (χ0) is 13.1. The molecule has 0 bridgehead atoms. The molecule has 2 rings (SSSR count). The smallest absolute Gasteiger partial charge is 0.240 e. The van der Waals surface area contributed by atoms with Crippen LogP contribution in [0.3, 0.4) is 0 Å². The van der Waals surface area contributed by atoms with Crippen molar-refractivity contribution in [2.75, 3.05) is 12.8 Å². The number of aromatic nitrogens is 1. The van der Waals surface area contributed by atoms with Crippen LogP contribution in [0.5, 0.6) is 17.5 Å². The monoisotopic (exact) mass is 248 g/mol. The topological polar surface area (TPSA) is 57.4 Å². The number of ether oxygens (including phenoxy) is 2. The minimum Gasteiger partial charge on any atom is -0.479 e. The van der Waals surface area contributed by atoms with E-state index >= 15 is 0 Å². The predicted octanol–water partition coefficient (Wildman–Crippen LogP) is 2.91. The van der Waals surface area contributed by atoms with E-state index in [1.165, 1.54) is 19.2 Å². The van der Waals surface area contributed by atoms with Crippen LogP contribution >= 0.6 is 0 Å². The number of aryl methyl sites for hydroxylation is 1. The average molecular weight is 248 g/mol. The van der Waals surface area contributed by atoms with Crippen molar-refractivity contribution in [3.63, 3.8) is 0 Å². The predicted molar refractivity (Wildman–Crippen MR) is 66.4 cm³/mol. The van der Waals surface area contributed by atoms with E-state index in [-0.39, 0.29) is 5.82 Å². The van der Waals surface area contributed by atoms with Crippen LogP contribution < -0.4 is 15.2 Å². The molecule has 0 aliphatic rings. The summed E-state index contributed by atoms with van der Waals surface area (Å²) in [5.41, 5.74) is 6.58. The molecule has 0 amide bonds. The normalized spacial score (nSPS) is 10.2. The fourth-order valence-electron chi connectivity index (χ4n) is 1.46. The highest BCUT2D eigenvalue weighted by molar-refractivity contribution is 5.49. The van der Waals surface area contributed by atoms with Crippen molar-refractivity contribution >= 4 is 5.69 Å². The summed E-state index contributed by atoms with van der Waals surface area (Å²) < 4.78 is 23.6. The fourth-order valence-corrected chi connectivity index (χ4v) is 1.46. The van der Waals surface area contributed by atoms with Gasteiger partial charge in [-0.3, -0.25) is 0 Å². The quantitative estimate of drug-likeness (QED) is 0.907. The summed E-state index contributed by atoms with van der Waals surface area (Å²) in [5, 5.41) is 0. The summed E-state index contributed by atoms with van der Waals surface area (Å²) in [6, 6.07) is 7.74. The summed E-state index contributed by atoms with van der Waals surface area (Å²) in [7, 11) is 1.48. The number of anilines is 1. The maximum atomic E-state index is 13.1. The molecule has 0 unspecified atom stereocenters. The summed E-state index contributed by atoms with van der Waals surface area (Å²) in [5.74, 6) is 0.872. The molecule has 0 aliphatic heterocycles. The zero-order valence-corrected chi connectivity index (χ0v) is 10.1. The van der Waals surface area contributed by atoms with Crippen LogP contribution in [0.4, 0.5) is 10.1 Å². The number of halogens is 1. The Hall–Kier alpha value is -2.30. The number of benzene rings is 1. The van der Waals surface area contributed by atoms with E-state index in [4.69, 9.17) is 15.2 Å². The second-order valence-corrected chi connectivity index (χ2v) is 3.76. The van der Waals surface area contributed by atoms with Gasteiger partial charge in [0.1, 0.15) is 11.6 Å². The largest absolute Gasteiger partial charge is 0.479 e. The zero-order valence-electron chi connectivity index (χ0n) is 10.1. The molecule has 2 aromatic rings. The van der Waals surface area contributed by atoms with Crippen molar-refractivity contribution in [1.82, 2.24) is 4.98 Å². The first-order chi connectivity index (χ1) is 8.60. The number of rotatable bonds is 3. The lowest BCUT2D eigenvalue weighted by Crippen LogP contribution is -1.97. The van der Waals surface area contributed by atoms with Crippen LogP contribution in [0.15, 0.2) is 30.3 Å². The van der Waals surface area contributed by atoms with Crippen molar-refractivity contribution in [3.8, 4) is 17.5 Å². The Balaban J connectivity index is 2.25. The Kier molecular flexibility index (Phi) is 3.32. The molecule has 5 heteroatoms. The molecule has 0 radical (unpaired) electrons. The van der Waals surface area contributed by atoms with Gasteiger partial charge in [0.2, 0.25) is 11.8 Å². The molecular formula is C13H13FN2O2. The average Bonchev–Trinajstić information content (AvgIpc) is 2.36. The van der Waals surface area contributed by atoms with Crippen molar-refractivity contribution in [2.24, 2.45) is 0 Å². The lowest BCUT2D eigenvalue weighted by atomic mass is 10.2. The van der Waals surface area contributed by atoms with Gasteiger partial charge in [0.15, 0.2) is 0 Å². The Morgan fingerprint density at radius 2 is 2.00 bits per heavy atom. The van der Waals surface area contributed by atoms with Crippen LogP contribution in [0.25, 0.3) is 0 Å². The molecular weight excluding hydrogens is 235 g/mol. The first-order valence-corrected chi connectivity index (χ1v) is 5.34. The molecule has 0 saturated carbocycles. The van der Waals surface area contributed by atoms with Gasteiger partial charge in [0.25, 0.3) is 0 Å². The number of hydrogen-bond donors (Lipinski definition) is 1. The fraction of sp³-hybridized carbons (Fsp3) is 0.154. The second kappa shape index (κ2) is 4.91. The highest BCUT2D eigenvalue weighted by atomic mass is 19.1. The molecule has 1 aromatic carbocycles. The number of pyridine rings is 1. The molecule has 0 spiro atoms. The van der Waals surface area contributed by atoms with Crippen molar-refractivity contribution < 1.29 is 13.9 Å². The number of nitrogens with zero attached hydrogens (tertiary/aromatic N) is 1. The molecule has 94 valence electrons. The number of nitrogen functional groups attached to an aromatic ring is 1. The maximum Gasteiger partial charge on any atom is 0.240 e. The van der Waals surface area contributed by atoms with E-state index in [1.807, 2.05) is 0 Å². The first kappa shape index (κ1) is 12.2. The Labute approximate surface area is 104 Å². The van der Waals surface area contributed by atoms with Crippen LogP contribution in [0, 0.1) is 12.7 Å². The van der Waals surface area contributed by atoms with Crippen molar-refractivity contribution in [2.45, 2.75) is 6.92 Å². The van der Waals surface area contributed by atoms with Crippen LogP contribution in [-0.4, -0.2) is 12.1 Å². The van der Waals surface area contributed by atoms with Gasteiger partial charge in [-0.05, 0) is 36.8 Å². The Bertz CT molecular complexity index is 573. The van der Waals surface area contributed by atoms with E-state index in [9.17, 15) is 4.39 Å². The Morgan fingerprint density at radius 3 is 2.67 bits per heavy atom. The summed E-state index contributed by atoms with van der Waals surface area (Å²) in [6.07, 6.45) is 0. The van der Waals surface area contributed by atoms with Crippen molar-refractivity contribution in [3.05, 3.63) is 41.7 Å². The van der Waals surface area contributed by atoms with E-state index < -0.39 is 0 Å². The van der Waals surface area contributed by atoms with Gasteiger partial charge in [-0.2, -0.15) is 4.98 Å². The van der Waals surface area contributed by atoms with E-state index in [1.54, 1.807) is 25.1 Å². The molecule has 1 heterocycles. The molecule has 4 nitrogen and oxygen atoms in total. The first-order valence-electron chi connectivity index (χ1n) is 5.34. The highest BCUT2D eigenvalue weighted by Gasteiger charge is 2.06. The SMILES string of the molecule is COc1nc(Oc2ccc(F)c(C)c2)ccc1N. The van der Waals surface area contributed by atoms with Gasteiger partial charge >= 0.3 is 0 Å². The minimum absolute atomic E-state index is 0.273. The minimum atomic E-state index is -0.273. The lowest BCUT2D eigenvalue weighted by Gasteiger charge is -2.08. The lowest BCUT2D eigenvalue weighted by molar-refractivity contribution is 0.385. The van der Waals surface area contributed by atoms with Crippen LogP contribution in [0.1, 0.15) is 5.56 Å². The number of nitrogens with two attached hydrogens (primary N) is 1. The van der Waals surface area contributed by atoms with E-state index in [2.05, 4.69) is 4.98 Å². The maximum absolute atomic E-state index is 13.1. The molecule has 18 heavy (non-hydrogen) atoms. The number of hydrogen-bond acceptors (Lipinski definition) is 4. The molecule has 0 atom stereocenters. The standard InChI is InChI=1S/C13H13FN2O2/c1-8-7-9(3-4-10(8)14)18-12-6-5-11(15)13(16-12)17-2/h3-7H,15H2,1-2H3. The number of methoxy groups -OCH3 is 1. The van der Waals surface area contributed by atoms with Gasteiger partial charge < -0.3 is 15.2 Å². The molecule has 0 saturated heterocycles. The van der Waals surface area contributed by atoms with Crippen molar-refractivity contribution in [1.29, 1.82) is 0 Å². The van der Waals surface area contributed by atoms with Gasteiger partial charge in [0.05, 0.1) is 12.8 Å². The third-order valence-corrected chi connectivity index (χ3v) is 2.41. The third-order valence-electron chi connectivity index (χ3n) is 2.41. The molecule has 0 aliphatic carbocycles. The van der Waals surface area contributed by atoms with E-state index in [0.717, 1.165) is 0 Å². The molecule has 0 fully saturated rings. The van der Waals surface area contributed by atoms with Crippen LogP contribution in [0.2, 0.25) is 0 Å². The second-order valence-electron chi connectivity index (χ2n) is 3.76. The van der Waals surface area contributed by atoms with Gasteiger partial charge in [-0.15, -0.1) is 0 Å². The third kappa shape index (κ3) is 2.51. The van der Waals surface area contributed by atoms with Gasteiger partial charge in [-0.25, -0.2) is 4.39 Å².